The van der Waals surface area contributed by atoms with Gasteiger partial charge in [0, 0.05) is 5.56 Å². The number of hydrogen-bond donors (Lipinski definition) is 1. The van der Waals surface area contributed by atoms with Gasteiger partial charge in [0.2, 0.25) is 0 Å². The lowest BCUT2D eigenvalue weighted by atomic mass is 10.2. The second kappa shape index (κ2) is 3.98. The summed E-state index contributed by atoms with van der Waals surface area (Å²) in [5.74, 6) is -0.856. The van der Waals surface area contributed by atoms with Crippen LogP contribution in [0.25, 0.3) is 6.08 Å². The molecule has 4 heteroatoms. The van der Waals surface area contributed by atoms with Crippen LogP contribution in [0.15, 0.2) is 10.8 Å². The van der Waals surface area contributed by atoms with Crippen molar-refractivity contribution < 1.29 is 9.90 Å². The highest BCUT2D eigenvalue weighted by Gasteiger charge is 2.16. The van der Waals surface area contributed by atoms with Gasteiger partial charge in [-0.25, -0.2) is 4.79 Å². The molecule has 0 unspecified atom stereocenters. The third-order valence-electron chi connectivity index (χ3n) is 1.74. The fourth-order valence-corrected chi connectivity index (χ4v) is 3.01. The van der Waals surface area contributed by atoms with Gasteiger partial charge in [-0.1, -0.05) is 12.7 Å². The van der Waals surface area contributed by atoms with Crippen molar-refractivity contribution >= 4 is 35.1 Å². The lowest BCUT2D eigenvalue weighted by Gasteiger charge is -1.93. The van der Waals surface area contributed by atoms with Gasteiger partial charge in [-0.05, 0) is 18.7 Å². The van der Waals surface area contributed by atoms with Gasteiger partial charge in [0.25, 0.3) is 0 Å². The summed E-state index contributed by atoms with van der Waals surface area (Å²) in [6, 6.07) is 0. The van der Waals surface area contributed by atoms with Crippen LogP contribution in [-0.4, -0.2) is 17.3 Å². The summed E-state index contributed by atoms with van der Waals surface area (Å²) in [5.41, 5.74) is 1.77. The number of rotatable bonds is 3. The standard InChI is InChI=1S/C9H10O2S2/c1-4-6-5(2)7(8(10)11)13-9(6)12-3/h4H,1H2,2-3H3,(H,10,11). The van der Waals surface area contributed by atoms with E-state index in [0.717, 1.165) is 15.3 Å². The Morgan fingerprint density at radius 1 is 1.69 bits per heavy atom. The molecule has 0 amide bonds. The smallest absolute Gasteiger partial charge is 0.346 e. The summed E-state index contributed by atoms with van der Waals surface area (Å²) >= 11 is 2.87. The number of hydrogen-bond acceptors (Lipinski definition) is 3. The van der Waals surface area contributed by atoms with Gasteiger partial charge in [0.15, 0.2) is 0 Å². The van der Waals surface area contributed by atoms with Crippen molar-refractivity contribution in [3.63, 3.8) is 0 Å². The highest BCUT2D eigenvalue weighted by Crippen LogP contribution is 2.35. The molecule has 0 saturated carbocycles. The van der Waals surface area contributed by atoms with Gasteiger partial charge in [0.05, 0.1) is 4.21 Å². The Bertz CT molecular complexity index is 353. The summed E-state index contributed by atoms with van der Waals surface area (Å²) < 4.78 is 1.02. The summed E-state index contributed by atoms with van der Waals surface area (Å²) in [6.07, 6.45) is 3.65. The average molecular weight is 214 g/mol. The third-order valence-corrected chi connectivity index (χ3v) is 4.17. The summed E-state index contributed by atoms with van der Waals surface area (Å²) in [7, 11) is 0. The molecule has 2 nitrogen and oxygen atoms in total. The number of carboxylic acid groups (broad SMARTS) is 1. The van der Waals surface area contributed by atoms with Gasteiger partial charge in [-0.2, -0.15) is 0 Å². The Morgan fingerprint density at radius 3 is 2.62 bits per heavy atom. The molecule has 70 valence electrons. The van der Waals surface area contributed by atoms with Gasteiger partial charge in [-0.15, -0.1) is 23.1 Å². The lowest BCUT2D eigenvalue weighted by Crippen LogP contribution is -1.94. The predicted molar refractivity (Wildman–Crippen MR) is 57.9 cm³/mol. The van der Waals surface area contributed by atoms with E-state index in [1.807, 2.05) is 13.2 Å². The number of thioether (sulfide) groups is 1. The SMILES string of the molecule is C=Cc1c(SC)sc(C(=O)O)c1C. The van der Waals surface area contributed by atoms with E-state index in [1.54, 1.807) is 17.8 Å². The molecule has 1 heterocycles. The van der Waals surface area contributed by atoms with E-state index < -0.39 is 5.97 Å². The molecule has 1 aromatic heterocycles. The summed E-state index contributed by atoms with van der Waals surface area (Å²) in [6.45, 7) is 5.49. The first-order valence-corrected chi connectivity index (χ1v) is 5.69. The molecule has 0 saturated heterocycles. The Morgan fingerprint density at radius 2 is 2.31 bits per heavy atom. The van der Waals surface area contributed by atoms with Crippen molar-refractivity contribution in [1.29, 1.82) is 0 Å². The van der Waals surface area contributed by atoms with Crippen LogP contribution in [0.3, 0.4) is 0 Å². The molecule has 0 aliphatic carbocycles. The van der Waals surface area contributed by atoms with Gasteiger partial charge >= 0.3 is 5.97 Å². The van der Waals surface area contributed by atoms with Gasteiger partial charge < -0.3 is 5.11 Å². The first-order valence-electron chi connectivity index (χ1n) is 3.65. The van der Waals surface area contributed by atoms with Crippen LogP contribution in [0.5, 0.6) is 0 Å². The summed E-state index contributed by atoms with van der Waals surface area (Å²) in [4.78, 5) is 11.2. The Balaban J connectivity index is 3.34. The number of carboxylic acids is 1. The van der Waals surface area contributed by atoms with Crippen LogP contribution in [0, 0.1) is 6.92 Å². The molecule has 1 aromatic rings. The topological polar surface area (TPSA) is 37.3 Å². The molecule has 0 atom stereocenters. The van der Waals surface area contributed by atoms with Crippen molar-refractivity contribution in [2.45, 2.75) is 11.1 Å². The van der Waals surface area contributed by atoms with Crippen LogP contribution >= 0.6 is 23.1 Å². The van der Waals surface area contributed by atoms with Crippen LogP contribution in [0.1, 0.15) is 20.8 Å². The number of carbonyl (C=O) groups is 1. The largest absolute Gasteiger partial charge is 0.477 e. The maximum Gasteiger partial charge on any atom is 0.346 e. The molecule has 0 aliphatic heterocycles. The van der Waals surface area contributed by atoms with E-state index in [2.05, 4.69) is 6.58 Å². The zero-order chi connectivity index (χ0) is 10.0. The molecular weight excluding hydrogens is 204 g/mol. The maximum absolute atomic E-state index is 10.8. The first kappa shape index (κ1) is 10.3. The van der Waals surface area contributed by atoms with Crippen molar-refractivity contribution in [3.05, 3.63) is 22.6 Å². The van der Waals surface area contributed by atoms with E-state index in [4.69, 9.17) is 5.11 Å². The first-order chi connectivity index (χ1) is 6.11. The van der Waals surface area contributed by atoms with Crippen LogP contribution < -0.4 is 0 Å². The molecule has 0 aromatic carbocycles. The highest BCUT2D eigenvalue weighted by molar-refractivity contribution is 8.00. The minimum atomic E-state index is -0.856. The minimum Gasteiger partial charge on any atom is -0.477 e. The molecule has 0 fully saturated rings. The maximum atomic E-state index is 10.8. The van der Waals surface area contributed by atoms with Crippen molar-refractivity contribution in [1.82, 2.24) is 0 Å². The lowest BCUT2D eigenvalue weighted by molar-refractivity contribution is 0.0701. The van der Waals surface area contributed by atoms with Crippen LogP contribution in [0.4, 0.5) is 0 Å². The highest BCUT2D eigenvalue weighted by atomic mass is 32.2. The van der Waals surface area contributed by atoms with Crippen molar-refractivity contribution in [2.24, 2.45) is 0 Å². The predicted octanol–water partition coefficient (Wildman–Crippen LogP) is 3.12. The molecule has 13 heavy (non-hydrogen) atoms. The Labute approximate surface area is 85.3 Å². The molecule has 0 spiro atoms. The van der Waals surface area contributed by atoms with Crippen molar-refractivity contribution in [3.8, 4) is 0 Å². The Kier molecular flexibility index (Phi) is 3.17. The van der Waals surface area contributed by atoms with Crippen LogP contribution in [0.2, 0.25) is 0 Å². The molecule has 0 bridgehead atoms. The second-order valence-corrected chi connectivity index (χ2v) is 4.57. The van der Waals surface area contributed by atoms with Gasteiger partial charge in [0.1, 0.15) is 4.88 Å². The number of aromatic carboxylic acids is 1. The fraction of sp³-hybridized carbons (Fsp3) is 0.222. The zero-order valence-electron chi connectivity index (χ0n) is 7.46. The van der Waals surface area contributed by atoms with Gasteiger partial charge in [-0.3, -0.25) is 0 Å². The number of thiophene rings is 1. The fourth-order valence-electron chi connectivity index (χ4n) is 1.09. The molecule has 0 radical (unpaired) electrons. The Hall–Kier alpha value is -0.740. The normalized spacial score (nSPS) is 10.0. The van der Waals surface area contributed by atoms with E-state index >= 15 is 0 Å². The molecule has 1 N–H and O–H groups in total. The summed E-state index contributed by atoms with van der Waals surface area (Å²) in [5, 5.41) is 8.86. The average Bonchev–Trinajstić information content (AvgIpc) is 2.41. The van der Waals surface area contributed by atoms with E-state index in [1.165, 1.54) is 11.3 Å². The third kappa shape index (κ3) is 1.78. The zero-order valence-corrected chi connectivity index (χ0v) is 9.09. The quantitative estimate of drug-likeness (QED) is 0.785. The van der Waals surface area contributed by atoms with E-state index in [-0.39, 0.29) is 0 Å². The monoisotopic (exact) mass is 214 g/mol. The molecule has 0 aliphatic rings. The minimum absolute atomic E-state index is 0.416. The van der Waals surface area contributed by atoms with Crippen LogP contribution in [-0.2, 0) is 0 Å². The van der Waals surface area contributed by atoms with Crippen molar-refractivity contribution in [2.75, 3.05) is 6.26 Å². The van der Waals surface area contributed by atoms with E-state index in [0.29, 0.717) is 4.88 Å². The van der Waals surface area contributed by atoms with E-state index in [9.17, 15) is 4.79 Å². The second-order valence-electron chi connectivity index (χ2n) is 2.47. The molecular formula is C9H10O2S2. The molecule has 1 rings (SSSR count).